The van der Waals surface area contributed by atoms with Crippen LogP contribution in [-0.4, -0.2) is 55.1 Å². The van der Waals surface area contributed by atoms with Crippen LogP contribution in [0.5, 0.6) is 0 Å². The summed E-state index contributed by atoms with van der Waals surface area (Å²) in [4.78, 5) is 5.19. The summed E-state index contributed by atoms with van der Waals surface area (Å²) in [5.41, 5.74) is 6.49. The first kappa shape index (κ1) is 14.3. The van der Waals surface area contributed by atoms with Crippen LogP contribution in [-0.2, 0) is 0 Å². The molecule has 2 aliphatic rings. The van der Waals surface area contributed by atoms with E-state index >= 15 is 0 Å². The molecular weight excluding hydrogens is 222 g/mol. The molecule has 2 rings (SSSR count). The van der Waals surface area contributed by atoms with E-state index in [-0.39, 0.29) is 0 Å². The smallest absolute Gasteiger partial charge is 0.0356 e. The van der Waals surface area contributed by atoms with E-state index in [1.165, 1.54) is 64.7 Å². The molecule has 0 bridgehead atoms. The van der Waals surface area contributed by atoms with Crippen LogP contribution in [0.15, 0.2) is 0 Å². The van der Waals surface area contributed by atoms with Gasteiger partial charge in [0.2, 0.25) is 0 Å². The molecule has 0 aromatic heterocycles. The van der Waals surface area contributed by atoms with Crippen molar-refractivity contribution in [2.24, 2.45) is 11.7 Å². The summed E-state index contributed by atoms with van der Waals surface area (Å²) in [6, 6.07) is 0. The summed E-state index contributed by atoms with van der Waals surface area (Å²) < 4.78 is 0. The molecule has 3 nitrogen and oxygen atoms in total. The van der Waals surface area contributed by atoms with Gasteiger partial charge in [-0.05, 0) is 71.2 Å². The monoisotopic (exact) mass is 253 g/mol. The largest absolute Gasteiger partial charge is 0.329 e. The summed E-state index contributed by atoms with van der Waals surface area (Å²) in [5, 5.41) is 0. The quantitative estimate of drug-likeness (QED) is 0.834. The number of nitrogens with zero attached hydrogens (tertiary/aromatic N) is 2. The van der Waals surface area contributed by atoms with Crippen molar-refractivity contribution in [2.45, 2.75) is 51.0 Å². The van der Waals surface area contributed by atoms with Crippen molar-refractivity contribution in [1.82, 2.24) is 9.80 Å². The average Bonchev–Trinajstić information content (AvgIpc) is 2.66. The number of piperidine rings is 1. The molecule has 0 aromatic carbocycles. The molecule has 0 amide bonds. The van der Waals surface area contributed by atoms with E-state index in [1.54, 1.807) is 0 Å². The van der Waals surface area contributed by atoms with E-state index in [2.05, 4.69) is 23.8 Å². The Hall–Kier alpha value is -0.120. The highest BCUT2D eigenvalue weighted by atomic mass is 15.2. The van der Waals surface area contributed by atoms with Crippen molar-refractivity contribution in [3.05, 3.63) is 0 Å². The first-order valence-corrected chi connectivity index (χ1v) is 7.84. The van der Waals surface area contributed by atoms with Crippen LogP contribution >= 0.6 is 0 Å². The zero-order chi connectivity index (χ0) is 13.0. The first-order valence-electron chi connectivity index (χ1n) is 7.84. The Bertz CT molecular complexity index is 246. The second kappa shape index (κ2) is 6.36. The minimum Gasteiger partial charge on any atom is -0.329 e. The van der Waals surface area contributed by atoms with Crippen molar-refractivity contribution in [2.75, 3.05) is 39.8 Å². The van der Waals surface area contributed by atoms with Gasteiger partial charge in [0.25, 0.3) is 0 Å². The summed E-state index contributed by atoms with van der Waals surface area (Å²) in [6.07, 6.45) is 8.05. The predicted molar refractivity (Wildman–Crippen MR) is 77.7 cm³/mol. The Morgan fingerprint density at radius 1 is 1.11 bits per heavy atom. The highest BCUT2D eigenvalue weighted by Crippen LogP contribution is 2.31. The number of nitrogens with two attached hydrogens (primary N) is 1. The number of hydrogen-bond donors (Lipinski definition) is 1. The van der Waals surface area contributed by atoms with E-state index < -0.39 is 0 Å². The van der Waals surface area contributed by atoms with Gasteiger partial charge in [-0.1, -0.05) is 13.3 Å². The van der Waals surface area contributed by atoms with Crippen LogP contribution in [0.3, 0.4) is 0 Å². The highest BCUT2D eigenvalue weighted by molar-refractivity contribution is 4.96. The zero-order valence-corrected chi connectivity index (χ0v) is 12.3. The maximum Gasteiger partial charge on any atom is 0.0356 e. The lowest BCUT2D eigenvalue weighted by Crippen LogP contribution is -2.59. The fourth-order valence-corrected chi connectivity index (χ4v) is 3.73. The molecule has 1 unspecified atom stereocenters. The van der Waals surface area contributed by atoms with E-state index in [9.17, 15) is 0 Å². The average molecular weight is 253 g/mol. The van der Waals surface area contributed by atoms with Gasteiger partial charge in [-0.15, -0.1) is 0 Å². The number of rotatable bonds is 3. The van der Waals surface area contributed by atoms with E-state index in [1.807, 2.05) is 0 Å². The van der Waals surface area contributed by atoms with Gasteiger partial charge in [0, 0.05) is 12.1 Å². The second-order valence-corrected chi connectivity index (χ2v) is 6.42. The molecule has 106 valence electrons. The van der Waals surface area contributed by atoms with E-state index in [0.29, 0.717) is 5.54 Å². The second-order valence-electron chi connectivity index (χ2n) is 6.42. The molecule has 1 atom stereocenters. The van der Waals surface area contributed by atoms with Gasteiger partial charge in [-0.2, -0.15) is 0 Å². The number of likely N-dealkylation sites (tertiary alicyclic amines) is 2. The van der Waals surface area contributed by atoms with Gasteiger partial charge in [0.1, 0.15) is 0 Å². The SMILES string of the molecule is CCC1CCCN(C2(CN)CCN(C)CC2)CC1. The molecule has 2 saturated heterocycles. The Balaban J connectivity index is 1.99. The molecule has 2 heterocycles. The van der Waals surface area contributed by atoms with Crippen molar-refractivity contribution in [3.8, 4) is 0 Å². The van der Waals surface area contributed by atoms with Gasteiger partial charge < -0.3 is 10.6 Å². The fraction of sp³-hybridized carbons (Fsp3) is 1.00. The minimum atomic E-state index is 0.315. The van der Waals surface area contributed by atoms with E-state index in [0.717, 1.165) is 12.5 Å². The Morgan fingerprint density at radius 3 is 2.44 bits per heavy atom. The van der Waals surface area contributed by atoms with Crippen LogP contribution < -0.4 is 5.73 Å². The van der Waals surface area contributed by atoms with Crippen LogP contribution in [0.25, 0.3) is 0 Å². The van der Waals surface area contributed by atoms with Crippen LogP contribution in [0.2, 0.25) is 0 Å². The summed E-state index contributed by atoms with van der Waals surface area (Å²) >= 11 is 0. The topological polar surface area (TPSA) is 32.5 Å². The third-order valence-electron chi connectivity index (χ3n) is 5.39. The number of hydrogen-bond acceptors (Lipinski definition) is 3. The minimum absolute atomic E-state index is 0.315. The van der Waals surface area contributed by atoms with Crippen molar-refractivity contribution in [3.63, 3.8) is 0 Å². The molecule has 0 spiro atoms. The Kier molecular flexibility index (Phi) is 5.05. The molecule has 0 saturated carbocycles. The third kappa shape index (κ3) is 3.06. The normalized spacial score (nSPS) is 31.2. The Labute approximate surface area is 113 Å². The Morgan fingerprint density at radius 2 is 1.83 bits per heavy atom. The van der Waals surface area contributed by atoms with Crippen molar-refractivity contribution >= 4 is 0 Å². The molecule has 18 heavy (non-hydrogen) atoms. The van der Waals surface area contributed by atoms with E-state index in [4.69, 9.17) is 5.73 Å². The molecule has 2 aliphatic heterocycles. The van der Waals surface area contributed by atoms with Gasteiger partial charge >= 0.3 is 0 Å². The van der Waals surface area contributed by atoms with Gasteiger partial charge in [-0.3, -0.25) is 4.90 Å². The van der Waals surface area contributed by atoms with Crippen LogP contribution in [0.1, 0.15) is 45.4 Å². The van der Waals surface area contributed by atoms with Crippen molar-refractivity contribution in [1.29, 1.82) is 0 Å². The van der Waals surface area contributed by atoms with Gasteiger partial charge in [0.15, 0.2) is 0 Å². The van der Waals surface area contributed by atoms with Crippen LogP contribution in [0.4, 0.5) is 0 Å². The molecule has 0 aromatic rings. The lowest BCUT2D eigenvalue weighted by Gasteiger charge is -2.47. The molecule has 0 radical (unpaired) electrons. The first-order chi connectivity index (χ1) is 8.70. The van der Waals surface area contributed by atoms with Gasteiger partial charge in [-0.25, -0.2) is 0 Å². The summed E-state index contributed by atoms with van der Waals surface area (Å²) in [5.74, 6) is 0.955. The zero-order valence-electron chi connectivity index (χ0n) is 12.3. The molecule has 2 fully saturated rings. The van der Waals surface area contributed by atoms with Crippen molar-refractivity contribution < 1.29 is 0 Å². The maximum absolute atomic E-state index is 6.17. The fourth-order valence-electron chi connectivity index (χ4n) is 3.73. The summed E-state index contributed by atoms with van der Waals surface area (Å²) in [6.45, 7) is 8.17. The molecule has 0 aliphatic carbocycles. The standard InChI is InChI=1S/C15H31N3/c1-3-14-5-4-9-18(10-6-14)15(13-16)7-11-17(2)12-8-15/h14H,3-13,16H2,1-2H3. The lowest BCUT2D eigenvalue weighted by atomic mass is 9.85. The molecular formula is C15H31N3. The highest BCUT2D eigenvalue weighted by Gasteiger charge is 2.38. The lowest BCUT2D eigenvalue weighted by molar-refractivity contribution is 0.0355. The molecule has 2 N–H and O–H groups in total. The maximum atomic E-state index is 6.17. The van der Waals surface area contributed by atoms with Gasteiger partial charge in [0.05, 0.1) is 0 Å². The predicted octanol–water partition coefficient (Wildman–Crippen LogP) is 1.92. The summed E-state index contributed by atoms with van der Waals surface area (Å²) in [7, 11) is 2.23. The molecule has 3 heteroatoms. The third-order valence-corrected chi connectivity index (χ3v) is 5.39. The van der Waals surface area contributed by atoms with Crippen LogP contribution in [0, 0.1) is 5.92 Å².